The first-order chi connectivity index (χ1) is 8.54. The number of aromatic nitrogens is 2. The lowest BCUT2D eigenvalue weighted by molar-refractivity contribution is -0.138. The first-order valence-corrected chi connectivity index (χ1v) is 6.92. The largest absolute Gasteiger partial charge is 0.402 e. The monoisotopic (exact) mass is 317 g/mol. The summed E-state index contributed by atoms with van der Waals surface area (Å²) in [5, 5.41) is -0.189. The molecule has 1 heterocycles. The third-order valence-corrected chi connectivity index (χ3v) is 4.28. The van der Waals surface area contributed by atoms with Crippen molar-refractivity contribution >= 4 is 21.6 Å². The van der Waals surface area contributed by atoms with Crippen LogP contribution in [0.1, 0.15) is 13.8 Å². The maximum absolute atomic E-state index is 12.4. The molecule has 0 unspecified atom stereocenters. The van der Waals surface area contributed by atoms with Crippen LogP contribution in [0, 0.1) is 0 Å². The van der Waals surface area contributed by atoms with Crippen LogP contribution in [0.4, 0.5) is 13.2 Å². The van der Waals surface area contributed by atoms with Crippen LogP contribution in [0.2, 0.25) is 5.28 Å². The Morgan fingerprint density at radius 3 is 2.16 bits per heavy atom. The highest BCUT2D eigenvalue weighted by molar-refractivity contribution is 7.89. The maximum atomic E-state index is 12.4. The van der Waals surface area contributed by atoms with Crippen LogP contribution in [0.25, 0.3) is 0 Å². The van der Waals surface area contributed by atoms with Gasteiger partial charge in [0.1, 0.15) is 11.4 Å². The van der Waals surface area contributed by atoms with Crippen LogP contribution in [0.3, 0.4) is 0 Å². The summed E-state index contributed by atoms with van der Waals surface area (Å²) in [5.74, 6) is 0. The molecule has 1 aromatic heterocycles. The summed E-state index contributed by atoms with van der Waals surface area (Å²) in [4.78, 5) is 6.47. The molecule has 0 aromatic carbocycles. The van der Waals surface area contributed by atoms with Crippen molar-refractivity contribution in [2.75, 3.05) is 6.54 Å². The summed E-state index contributed by atoms with van der Waals surface area (Å²) < 4.78 is 61.7. The van der Waals surface area contributed by atoms with E-state index in [1.807, 2.05) is 0 Å². The Kier molecular flexibility index (Phi) is 4.75. The minimum Gasteiger partial charge on any atom is -0.225 e. The SMILES string of the molecule is CC(C)N(CC(F)(F)F)S(=O)(=O)c1cnc(Cl)nc1. The highest BCUT2D eigenvalue weighted by Gasteiger charge is 2.38. The summed E-state index contributed by atoms with van der Waals surface area (Å²) in [6.45, 7) is 1.12. The van der Waals surface area contributed by atoms with Gasteiger partial charge in [-0.05, 0) is 25.4 Å². The van der Waals surface area contributed by atoms with Crippen molar-refractivity contribution < 1.29 is 21.6 Å². The predicted molar refractivity (Wildman–Crippen MR) is 62.1 cm³/mol. The van der Waals surface area contributed by atoms with Gasteiger partial charge in [-0.1, -0.05) is 0 Å². The van der Waals surface area contributed by atoms with E-state index in [9.17, 15) is 21.6 Å². The molecule has 0 aliphatic rings. The lowest BCUT2D eigenvalue weighted by atomic mass is 10.4. The summed E-state index contributed by atoms with van der Waals surface area (Å²) >= 11 is 5.40. The van der Waals surface area contributed by atoms with E-state index >= 15 is 0 Å². The maximum Gasteiger partial charge on any atom is 0.402 e. The molecular formula is C9H11ClF3N3O2S. The summed E-state index contributed by atoms with van der Waals surface area (Å²) in [6.07, 6.45) is -2.89. The molecule has 0 fully saturated rings. The van der Waals surface area contributed by atoms with Crippen molar-refractivity contribution in [1.82, 2.24) is 14.3 Å². The van der Waals surface area contributed by atoms with Crippen molar-refractivity contribution in [3.8, 4) is 0 Å². The molecule has 1 aromatic rings. The minimum absolute atomic E-state index is 0.189. The van der Waals surface area contributed by atoms with Gasteiger partial charge in [0.25, 0.3) is 0 Å². The van der Waals surface area contributed by atoms with Gasteiger partial charge in [-0.25, -0.2) is 18.4 Å². The molecule has 0 spiro atoms. The average molecular weight is 318 g/mol. The zero-order valence-corrected chi connectivity index (χ0v) is 11.6. The van der Waals surface area contributed by atoms with Crippen molar-refractivity contribution in [1.29, 1.82) is 0 Å². The molecular weight excluding hydrogens is 307 g/mol. The zero-order chi connectivity index (χ0) is 14.8. The number of alkyl halides is 3. The van der Waals surface area contributed by atoms with E-state index in [0.29, 0.717) is 4.31 Å². The second kappa shape index (κ2) is 5.59. The van der Waals surface area contributed by atoms with Gasteiger partial charge < -0.3 is 0 Å². The lowest BCUT2D eigenvalue weighted by Gasteiger charge is -2.26. The lowest BCUT2D eigenvalue weighted by Crippen LogP contribution is -2.43. The quantitative estimate of drug-likeness (QED) is 0.798. The van der Waals surface area contributed by atoms with Gasteiger partial charge in [-0.3, -0.25) is 0 Å². The summed E-state index contributed by atoms with van der Waals surface area (Å²) in [6, 6.07) is -0.859. The molecule has 0 bridgehead atoms. The van der Waals surface area contributed by atoms with E-state index < -0.39 is 33.7 Å². The van der Waals surface area contributed by atoms with Crippen LogP contribution in [0.5, 0.6) is 0 Å². The molecule has 10 heteroatoms. The number of hydrogen-bond acceptors (Lipinski definition) is 4. The average Bonchev–Trinajstić information content (AvgIpc) is 2.25. The molecule has 0 amide bonds. The van der Waals surface area contributed by atoms with Gasteiger partial charge >= 0.3 is 6.18 Å². The fraction of sp³-hybridized carbons (Fsp3) is 0.556. The van der Waals surface area contributed by atoms with Gasteiger partial charge in [0.05, 0.1) is 12.4 Å². The Morgan fingerprint density at radius 2 is 1.79 bits per heavy atom. The number of hydrogen-bond donors (Lipinski definition) is 0. The Balaban J connectivity index is 3.17. The van der Waals surface area contributed by atoms with E-state index in [0.717, 1.165) is 12.4 Å². The van der Waals surface area contributed by atoms with E-state index in [1.165, 1.54) is 13.8 Å². The standard InChI is InChI=1S/C9H11ClF3N3O2S/c1-6(2)16(5-9(11,12)13)19(17,18)7-3-14-8(10)15-4-7/h3-4,6H,5H2,1-2H3. The van der Waals surface area contributed by atoms with Crippen molar-refractivity contribution in [2.24, 2.45) is 0 Å². The third kappa shape index (κ3) is 4.29. The topological polar surface area (TPSA) is 63.2 Å². The van der Waals surface area contributed by atoms with Crippen LogP contribution in [-0.4, -0.2) is 41.5 Å². The van der Waals surface area contributed by atoms with Crippen LogP contribution in [0.15, 0.2) is 17.3 Å². The number of halogens is 4. The third-order valence-electron chi connectivity index (χ3n) is 2.11. The first-order valence-electron chi connectivity index (χ1n) is 5.10. The van der Waals surface area contributed by atoms with E-state index in [2.05, 4.69) is 9.97 Å². The second-order valence-corrected chi connectivity index (χ2v) is 6.18. The van der Waals surface area contributed by atoms with Gasteiger partial charge in [0.2, 0.25) is 15.3 Å². The molecule has 0 saturated heterocycles. The zero-order valence-electron chi connectivity index (χ0n) is 10.0. The molecule has 0 N–H and O–H groups in total. The first kappa shape index (κ1) is 16.1. The normalized spacial score (nSPS) is 13.3. The molecule has 108 valence electrons. The molecule has 5 nitrogen and oxygen atoms in total. The Morgan fingerprint density at radius 1 is 1.32 bits per heavy atom. The van der Waals surface area contributed by atoms with Gasteiger partial charge in [-0.2, -0.15) is 17.5 Å². The summed E-state index contributed by atoms with van der Waals surface area (Å²) in [5.41, 5.74) is 0. The summed E-state index contributed by atoms with van der Waals surface area (Å²) in [7, 11) is -4.32. The van der Waals surface area contributed by atoms with Crippen LogP contribution >= 0.6 is 11.6 Å². The smallest absolute Gasteiger partial charge is 0.225 e. The highest BCUT2D eigenvalue weighted by atomic mass is 35.5. The number of nitrogens with zero attached hydrogens (tertiary/aromatic N) is 3. The fourth-order valence-corrected chi connectivity index (χ4v) is 2.90. The molecule has 0 saturated carbocycles. The Labute approximate surface area is 113 Å². The molecule has 1 rings (SSSR count). The molecule has 0 atom stereocenters. The molecule has 0 radical (unpaired) electrons. The number of rotatable bonds is 4. The van der Waals surface area contributed by atoms with Crippen molar-refractivity contribution in [2.45, 2.75) is 31.0 Å². The van der Waals surface area contributed by atoms with Crippen LogP contribution < -0.4 is 0 Å². The minimum atomic E-state index is -4.63. The number of sulfonamides is 1. The van der Waals surface area contributed by atoms with E-state index in [1.54, 1.807) is 0 Å². The van der Waals surface area contributed by atoms with E-state index in [-0.39, 0.29) is 5.28 Å². The molecule has 0 aliphatic carbocycles. The van der Waals surface area contributed by atoms with Gasteiger partial charge in [0, 0.05) is 6.04 Å². The molecule has 0 aliphatic heterocycles. The van der Waals surface area contributed by atoms with Crippen molar-refractivity contribution in [3.05, 3.63) is 17.7 Å². The predicted octanol–water partition coefficient (Wildman–Crippen LogP) is 2.09. The Hall–Kier alpha value is -0.930. The molecule has 19 heavy (non-hydrogen) atoms. The van der Waals surface area contributed by atoms with Gasteiger partial charge in [0.15, 0.2) is 0 Å². The van der Waals surface area contributed by atoms with Gasteiger partial charge in [-0.15, -0.1) is 0 Å². The van der Waals surface area contributed by atoms with Crippen molar-refractivity contribution in [3.63, 3.8) is 0 Å². The van der Waals surface area contributed by atoms with Crippen LogP contribution in [-0.2, 0) is 10.0 Å². The van der Waals surface area contributed by atoms with E-state index in [4.69, 9.17) is 11.6 Å². The fourth-order valence-electron chi connectivity index (χ4n) is 1.29. The second-order valence-electron chi connectivity index (χ2n) is 3.95. The Bertz CT molecular complexity index is 531. The highest BCUT2D eigenvalue weighted by Crippen LogP contribution is 2.24.